The molecule has 1 spiro atoms. The summed E-state index contributed by atoms with van der Waals surface area (Å²) in [6.45, 7) is 14.0. The zero-order valence-corrected chi connectivity index (χ0v) is 30.5. The Hall–Kier alpha value is -4.28. The van der Waals surface area contributed by atoms with Gasteiger partial charge in [0.1, 0.15) is 17.7 Å². The molecule has 3 aliphatic rings. The molecule has 0 aromatic heterocycles. The molecule has 0 radical (unpaired) electrons. The highest BCUT2D eigenvalue weighted by Gasteiger charge is 2.75. The standard InChI is InChI=1S/C41H53N3O7/c1-7-9-21-32(46)42(6)29(5)36(30-19-12-10-13-20-30)50-40(49)33-31-22-23-41(51-31)34(33)38(47)44(25-14-11-15-26-45)37(41)39(48)43(24-8-2)35-27(3)17-16-18-28(35)4/h7-8,10,12-13,16-20,29,31,33-34,36-37,45H,1-2,9,11,14-15,21-26H2,3-6H3/t29-,31-,33+,34+,36+,37-,41+/m1/s1. The molecule has 274 valence electrons. The molecule has 51 heavy (non-hydrogen) atoms. The third-order valence-electron chi connectivity index (χ3n) is 11.0. The number of esters is 1. The van der Waals surface area contributed by atoms with Crippen molar-refractivity contribution < 1.29 is 33.8 Å². The number of benzene rings is 2. The number of fused-ring (bicyclic) bond motifs is 1. The predicted octanol–water partition coefficient (Wildman–Crippen LogP) is 5.46. The van der Waals surface area contributed by atoms with E-state index in [1.807, 2.05) is 69.3 Å². The molecule has 10 heteroatoms. The monoisotopic (exact) mass is 699 g/mol. The number of likely N-dealkylation sites (tertiary alicyclic amines) is 1. The van der Waals surface area contributed by atoms with Crippen LogP contribution in [0.4, 0.5) is 5.69 Å². The van der Waals surface area contributed by atoms with Gasteiger partial charge in [-0.25, -0.2) is 0 Å². The number of hydrogen-bond acceptors (Lipinski definition) is 7. The van der Waals surface area contributed by atoms with Crippen molar-refractivity contribution >= 4 is 29.4 Å². The van der Waals surface area contributed by atoms with Crippen molar-refractivity contribution in [1.82, 2.24) is 9.80 Å². The van der Waals surface area contributed by atoms with Crippen molar-refractivity contribution in [2.24, 2.45) is 11.8 Å². The fraction of sp³-hybridized carbons (Fsp3) is 0.512. The van der Waals surface area contributed by atoms with Crippen LogP contribution in [0.15, 0.2) is 73.8 Å². The van der Waals surface area contributed by atoms with Crippen LogP contribution < -0.4 is 4.90 Å². The maximum absolute atomic E-state index is 15.0. The van der Waals surface area contributed by atoms with Crippen LogP contribution in [0.2, 0.25) is 0 Å². The van der Waals surface area contributed by atoms with E-state index in [9.17, 15) is 24.3 Å². The third-order valence-corrected chi connectivity index (χ3v) is 11.0. The number of aliphatic hydroxyl groups is 1. The number of allylic oxidation sites excluding steroid dienone is 1. The Balaban J connectivity index is 1.50. The van der Waals surface area contributed by atoms with E-state index in [0.29, 0.717) is 45.1 Å². The quantitative estimate of drug-likeness (QED) is 0.133. The molecule has 2 aromatic rings. The van der Waals surface area contributed by atoms with Crippen molar-refractivity contribution in [3.8, 4) is 0 Å². The van der Waals surface area contributed by atoms with E-state index in [0.717, 1.165) is 22.4 Å². The number of rotatable bonds is 17. The molecule has 3 saturated heterocycles. The SMILES string of the molecule is C=CCCC(=O)N(C)[C@H](C)[C@H](OC(=O)[C@@H]1[C@H]2C(=O)N(CCCCCO)[C@H](C(=O)N(CC=C)c3c(C)cccc3C)[C@]23CC[C@H]1O3)c1ccccc1. The Bertz CT molecular complexity index is 1590. The van der Waals surface area contributed by atoms with Crippen LogP contribution in [0.25, 0.3) is 0 Å². The van der Waals surface area contributed by atoms with Crippen LogP contribution in [0.5, 0.6) is 0 Å². The first-order valence-electron chi connectivity index (χ1n) is 18.2. The van der Waals surface area contributed by atoms with Crippen molar-refractivity contribution in [2.45, 2.75) is 95.6 Å². The van der Waals surface area contributed by atoms with Gasteiger partial charge in [0.2, 0.25) is 11.8 Å². The van der Waals surface area contributed by atoms with Gasteiger partial charge >= 0.3 is 5.97 Å². The molecule has 2 bridgehead atoms. The second-order valence-corrected chi connectivity index (χ2v) is 14.2. The topological polar surface area (TPSA) is 117 Å². The number of anilines is 1. The fourth-order valence-electron chi connectivity index (χ4n) is 8.43. The average molecular weight is 700 g/mol. The van der Waals surface area contributed by atoms with Crippen molar-refractivity contribution in [3.63, 3.8) is 0 Å². The summed E-state index contributed by atoms with van der Waals surface area (Å²) < 4.78 is 13.1. The smallest absolute Gasteiger partial charge is 0.313 e. The van der Waals surface area contributed by atoms with Crippen molar-refractivity contribution in [3.05, 3.63) is 90.5 Å². The highest BCUT2D eigenvalue weighted by Crippen LogP contribution is 2.59. The van der Waals surface area contributed by atoms with Gasteiger partial charge in [0.15, 0.2) is 0 Å². The van der Waals surface area contributed by atoms with Gasteiger partial charge in [0.05, 0.1) is 24.0 Å². The molecule has 0 unspecified atom stereocenters. The Morgan fingerprint density at radius 3 is 2.41 bits per heavy atom. The number of ether oxygens (including phenoxy) is 2. The minimum absolute atomic E-state index is 0.0390. The fourth-order valence-corrected chi connectivity index (χ4v) is 8.43. The normalized spacial score (nSPS) is 24.5. The number of aryl methyl sites for hydroxylation is 2. The number of unbranched alkanes of at least 4 members (excludes halogenated alkanes) is 2. The first-order chi connectivity index (χ1) is 24.5. The largest absolute Gasteiger partial charge is 0.455 e. The lowest BCUT2D eigenvalue weighted by Gasteiger charge is -2.37. The van der Waals surface area contributed by atoms with Crippen LogP contribution in [-0.4, -0.2) is 89.1 Å². The van der Waals surface area contributed by atoms with E-state index < -0.39 is 47.7 Å². The summed E-state index contributed by atoms with van der Waals surface area (Å²) in [7, 11) is 1.70. The molecule has 7 atom stereocenters. The van der Waals surface area contributed by atoms with E-state index in [1.165, 1.54) is 0 Å². The lowest BCUT2D eigenvalue weighted by molar-refractivity contribution is -0.164. The second-order valence-electron chi connectivity index (χ2n) is 14.2. The number of nitrogens with zero attached hydrogens (tertiary/aromatic N) is 3. The minimum atomic E-state index is -1.21. The number of aliphatic hydroxyl groups excluding tert-OH is 1. The van der Waals surface area contributed by atoms with E-state index in [1.54, 1.807) is 33.9 Å². The minimum Gasteiger partial charge on any atom is -0.455 e. The molecule has 3 heterocycles. The molecule has 10 nitrogen and oxygen atoms in total. The van der Waals surface area contributed by atoms with Gasteiger partial charge in [-0.15, -0.1) is 13.2 Å². The second kappa shape index (κ2) is 16.4. The summed E-state index contributed by atoms with van der Waals surface area (Å²) in [6, 6.07) is 13.7. The molecule has 3 fully saturated rings. The summed E-state index contributed by atoms with van der Waals surface area (Å²) in [5.41, 5.74) is 2.13. The van der Waals surface area contributed by atoms with Crippen molar-refractivity contribution in [2.75, 3.05) is 31.6 Å². The van der Waals surface area contributed by atoms with Crippen LogP contribution in [0, 0.1) is 25.7 Å². The average Bonchev–Trinajstić information content (AvgIpc) is 3.77. The first-order valence-corrected chi connectivity index (χ1v) is 18.2. The zero-order valence-electron chi connectivity index (χ0n) is 30.5. The van der Waals surface area contributed by atoms with Crippen LogP contribution in [0.1, 0.15) is 74.7 Å². The molecule has 2 aromatic carbocycles. The summed E-state index contributed by atoms with van der Waals surface area (Å²) in [4.78, 5) is 62.0. The number of carbonyl (C=O) groups is 4. The van der Waals surface area contributed by atoms with Crippen LogP contribution >= 0.6 is 0 Å². The molecule has 3 aliphatic heterocycles. The molecule has 1 N–H and O–H groups in total. The van der Waals surface area contributed by atoms with Gasteiger partial charge in [-0.2, -0.15) is 0 Å². The number of hydrogen-bond donors (Lipinski definition) is 1. The number of carbonyl (C=O) groups excluding carboxylic acids is 4. The highest BCUT2D eigenvalue weighted by atomic mass is 16.6. The molecule has 5 rings (SSSR count). The van der Waals surface area contributed by atoms with E-state index >= 15 is 0 Å². The molecule has 0 aliphatic carbocycles. The van der Waals surface area contributed by atoms with Gasteiger partial charge < -0.3 is 29.3 Å². The van der Waals surface area contributed by atoms with Gasteiger partial charge in [-0.3, -0.25) is 19.2 Å². The van der Waals surface area contributed by atoms with E-state index in [2.05, 4.69) is 13.2 Å². The molecular weight excluding hydrogens is 646 g/mol. The third kappa shape index (κ3) is 7.26. The summed E-state index contributed by atoms with van der Waals surface area (Å²) >= 11 is 0. The maximum atomic E-state index is 15.0. The van der Waals surface area contributed by atoms with Gasteiger partial charge in [0.25, 0.3) is 5.91 Å². The number of amides is 3. The van der Waals surface area contributed by atoms with Crippen LogP contribution in [0.3, 0.4) is 0 Å². The first kappa shape index (κ1) is 38.0. The Kier molecular flexibility index (Phi) is 12.2. The predicted molar refractivity (Wildman–Crippen MR) is 196 cm³/mol. The molecule has 0 saturated carbocycles. The van der Waals surface area contributed by atoms with Gasteiger partial charge in [-0.05, 0) is 76.0 Å². The lowest BCUT2D eigenvalue weighted by atomic mass is 9.70. The van der Waals surface area contributed by atoms with Gasteiger partial charge in [0, 0.05) is 38.9 Å². The zero-order chi connectivity index (χ0) is 36.9. The Morgan fingerprint density at radius 2 is 1.76 bits per heavy atom. The molecular formula is C41H53N3O7. The number of likely N-dealkylation sites (N-methyl/N-ethyl adjacent to an activating group) is 1. The lowest BCUT2D eigenvalue weighted by Crippen LogP contribution is -2.56. The maximum Gasteiger partial charge on any atom is 0.313 e. The Morgan fingerprint density at radius 1 is 1.06 bits per heavy atom. The summed E-state index contributed by atoms with van der Waals surface area (Å²) in [5.74, 6) is -3.05. The van der Waals surface area contributed by atoms with Gasteiger partial charge in [-0.1, -0.05) is 60.7 Å². The number of para-hydroxylation sites is 1. The van der Waals surface area contributed by atoms with Crippen LogP contribution in [-0.2, 0) is 28.7 Å². The van der Waals surface area contributed by atoms with E-state index in [-0.39, 0.29) is 37.3 Å². The summed E-state index contributed by atoms with van der Waals surface area (Å²) in [5, 5.41) is 9.42. The summed E-state index contributed by atoms with van der Waals surface area (Å²) in [6.07, 6.45) is 5.59. The van der Waals surface area contributed by atoms with Crippen molar-refractivity contribution in [1.29, 1.82) is 0 Å². The highest BCUT2D eigenvalue weighted by molar-refractivity contribution is 6.05. The Labute approximate surface area is 302 Å². The van der Waals surface area contributed by atoms with E-state index in [4.69, 9.17) is 9.47 Å². The molecule has 3 amide bonds.